The van der Waals surface area contributed by atoms with E-state index in [4.69, 9.17) is 16.2 Å². The quantitative estimate of drug-likeness (QED) is 0.585. The van der Waals surface area contributed by atoms with Crippen molar-refractivity contribution in [3.05, 3.63) is 58.7 Å². The first-order valence-corrected chi connectivity index (χ1v) is 13.7. The molecule has 0 atom stereocenters. The van der Waals surface area contributed by atoms with E-state index in [9.17, 15) is 4.79 Å². The summed E-state index contributed by atoms with van der Waals surface area (Å²) in [5, 5.41) is 0. The van der Waals surface area contributed by atoms with Crippen LogP contribution in [-0.4, -0.2) is 90.7 Å². The summed E-state index contributed by atoms with van der Waals surface area (Å²) in [7, 11) is 2.18. The highest BCUT2D eigenvalue weighted by Gasteiger charge is 2.26. The average molecular weight is 525 g/mol. The van der Waals surface area contributed by atoms with E-state index in [1.54, 1.807) is 4.90 Å². The molecule has 2 aliphatic rings. The molecule has 0 unspecified atom stereocenters. The van der Waals surface area contributed by atoms with E-state index in [1.807, 2.05) is 39.0 Å². The standard InChI is InChI=1S/C17H27N3O2.C13H21N3/c1-13-5-6-15(18)11-14(13)12-19-7-9-20(10-8-19)16(21)22-17(2,3)4;1-11-3-4-13(14)9-12(11)10-16-7-5-15(2)6-8-16/h5-6,11H,7-10,12,18H2,1-4H3;3-4,9H,5-8,10,14H2,1-2H3. The number of nitrogen functional groups attached to an aromatic ring is 2. The molecule has 4 N–H and O–H groups in total. The Morgan fingerprint density at radius 3 is 1.61 bits per heavy atom. The number of aryl methyl sites for hydroxylation is 2. The highest BCUT2D eigenvalue weighted by molar-refractivity contribution is 5.68. The molecule has 2 fully saturated rings. The highest BCUT2D eigenvalue weighted by atomic mass is 16.6. The first kappa shape index (κ1) is 29.7. The first-order valence-electron chi connectivity index (χ1n) is 13.7. The molecule has 0 spiro atoms. The monoisotopic (exact) mass is 524 g/mol. The van der Waals surface area contributed by atoms with Gasteiger partial charge in [-0.05, 0) is 88.2 Å². The average Bonchev–Trinajstić information content (AvgIpc) is 2.85. The molecule has 8 heteroatoms. The number of hydrogen-bond donors (Lipinski definition) is 2. The first-order chi connectivity index (χ1) is 17.9. The van der Waals surface area contributed by atoms with Crippen LogP contribution in [0.4, 0.5) is 16.2 Å². The zero-order valence-corrected chi connectivity index (χ0v) is 24.3. The van der Waals surface area contributed by atoms with E-state index in [0.29, 0.717) is 13.1 Å². The molecule has 38 heavy (non-hydrogen) atoms. The molecule has 8 nitrogen and oxygen atoms in total. The van der Waals surface area contributed by atoms with Crippen LogP contribution >= 0.6 is 0 Å². The van der Waals surface area contributed by atoms with Crippen molar-refractivity contribution in [3.8, 4) is 0 Å². The van der Waals surface area contributed by atoms with Crippen molar-refractivity contribution in [2.24, 2.45) is 0 Å². The van der Waals surface area contributed by atoms with Crippen LogP contribution < -0.4 is 11.5 Å². The van der Waals surface area contributed by atoms with Gasteiger partial charge in [0.2, 0.25) is 0 Å². The fourth-order valence-corrected chi connectivity index (χ4v) is 4.63. The Balaban J connectivity index is 0.000000221. The summed E-state index contributed by atoms with van der Waals surface area (Å²) in [6.07, 6.45) is -0.215. The van der Waals surface area contributed by atoms with Crippen LogP contribution in [0.15, 0.2) is 36.4 Å². The van der Waals surface area contributed by atoms with Gasteiger partial charge in [0, 0.05) is 76.8 Å². The lowest BCUT2D eigenvalue weighted by Crippen LogP contribution is -2.49. The number of anilines is 2. The SMILES string of the molecule is Cc1ccc(N)cc1CN1CCN(C(=O)OC(C)(C)C)CC1.Cc1ccc(N)cc1CN1CCN(C)CC1. The summed E-state index contributed by atoms with van der Waals surface area (Å²) >= 11 is 0. The van der Waals surface area contributed by atoms with Crippen LogP contribution in [0.3, 0.4) is 0 Å². The number of nitrogens with zero attached hydrogens (tertiary/aromatic N) is 4. The van der Waals surface area contributed by atoms with Gasteiger partial charge in [-0.25, -0.2) is 4.79 Å². The lowest BCUT2D eigenvalue weighted by molar-refractivity contribution is 0.0139. The van der Waals surface area contributed by atoms with Crippen LogP contribution in [0.5, 0.6) is 0 Å². The van der Waals surface area contributed by atoms with Crippen LogP contribution in [0, 0.1) is 13.8 Å². The van der Waals surface area contributed by atoms with Gasteiger partial charge in [-0.2, -0.15) is 0 Å². The van der Waals surface area contributed by atoms with Crippen molar-refractivity contribution in [2.45, 2.75) is 53.3 Å². The minimum absolute atomic E-state index is 0.215. The molecular formula is C30H48N6O2. The number of ether oxygens (including phenoxy) is 1. The predicted molar refractivity (Wildman–Crippen MR) is 157 cm³/mol. The molecule has 2 aromatic rings. The molecule has 0 aromatic heterocycles. The molecule has 4 rings (SSSR count). The van der Waals surface area contributed by atoms with E-state index in [1.165, 1.54) is 35.3 Å². The maximum atomic E-state index is 12.0. The zero-order chi connectivity index (χ0) is 27.9. The van der Waals surface area contributed by atoms with Crippen LogP contribution in [0.2, 0.25) is 0 Å². The predicted octanol–water partition coefficient (Wildman–Crippen LogP) is 3.95. The normalized spacial score (nSPS) is 17.6. The Kier molecular flexibility index (Phi) is 10.4. The molecule has 0 saturated carbocycles. The Hall–Kier alpha value is -2.81. The molecule has 1 amide bonds. The summed E-state index contributed by atoms with van der Waals surface area (Å²) in [5.41, 5.74) is 18.1. The van der Waals surface area contributed by atoms with Gasteiger partial charge >= 0.3 is 6.09 Å². The zero-order valence-electron chi connectivity index (χ0n) is 24.3. The van der Waals surface area contributed by atoms with E-state index in [-0.39, 0.29) is 6.09 Å². The van der Waals surface area contributed by atoms with Crippen molar-refractivity contribution in [2.75, 3.05) is 70.9 Å². The third-order valence-corrected chi connectivity index (χ3v) is 7.15. The number of nitrogens with two attached hydrogens (primary N) is 2. The maximum Gasteiger partial charge on any atom is 0.410 e. The van der Waals surface area contributed by atoms with Crippen LogP contribution in [0.25, 0.3) is 0 Å². The fraction of sp³-hybridized carbons (Fsp3) is 0.567. The van der Waals surface area contributed by atoms with Crippen molar-refractivity contribution >= 4 is 17.5 Å². The Bertz CT molecular complexity index is 1050. The Morgan fingerprint density at radius 2 is 1.18 bits per heavy atom. The van der Waals surface area contributed by atoms with Crippen LogP contribution in [-0.2, 0) is 17.8 Å². The number of hydrogen-bond acceptors (Lipinski definition) is 7. The number of carbonyl (C=O) groups is 1. The second kappa shape index (κ2) is 13.3. The van der Waals surface area contributed by atoms with Crippen LogP contribution in [0.1, 0.15) is 43.0 Å². The van der Waals surface area contributed by atoms with E-state index < -0.39 is 5.60 Å². The summed E-state index contributed by atoms with van der Waals surface area (Å²) < 4.78 is 5.42. The maximum absolute atomic E-state index is 12.0. The molecular weight excluding hydrogens is 476 g/mol. The largest absolute Gasteiger partial charge is 0.444 e. The van der Waals surface area contributed by atoms with Crippen molar-refractivity contribution in [1.82, 2.24) is 19.6 Å². The van der Waals surface area contributed by atoms with Gasteiger partial charge in [-0.15, -0.1) is 0 Å². The number of benzene rings is 2. The van der Waals surface area contributed by atoms with Gasteiger partial charge in [0.25, 0.3) is 0 Å². The lowest BCUT2D eigenvalue weighted by atomic mass is 10.1. The fourth-order valence-electron chi connectivity index (χ4n) is 4.63. The van der Waals surface area contributed by atoms with Gasteiger partial charge in [-0.1, -0.05) is 12.1 Å². The van der Waals surface area contributed by atoms with E-state index in [2.05, 4.69) is 53.8 Å². The highest BCUT2D eigenvalue weighted by Crippen LogP contribution is 2.18. The molecule has 2 aliphatic heterocycles. The summed E-state index contributed by atoms with van der Waals surface area (Å²) in [6, 6.07) is 12.2. The minimum Gasteiger partial charge on any atom is -0.444 e. The molecule has 210 valence electrons. The number of likely N-dealkylation sites (N-methyl/N-ethyl adjacent to an activating group) is 1. The van der Waals surface area contributed by atoms with Gasteiger partial charge < -0.3 is 26.0 Å². The van der Waals surface area contributed by atoms with Gasteiger partial charge in [0.15, 0.2) is 0 Å². The number of piperazine rings is 2. The topological polar surface area (TPSA) is 91.3 Å². The lowest BCUT2D eigenvalue weighted by Gasteiger charge is -2.35. The van der Waals surface area contributed by atoms with Gasteiger partial charge in [-0.3, -0.25) is 9.80 Å². The molecule has 0 aliphatic carbocycles. The second-order valence-electron chi connectivity index (χ2n) is 11.7. The third-order valence-electron chi connectivity index (χ3n) is 7.15. The molecule has 2 heterocycles. The van der Waals surface area contributed by atoms with E-state index >= 15 is 0 Å². The van der Waals surface area contributed by atoms with Crippen molar-refractivity contribution in [3.63, 3.8) is 0 Å². The molecule has 0 bridgehead atoms. The van der Waals surface area contributed by atoms with E-state index in [0.717, 1.165) is 50.6 Å². The minimum atomic E-state index is -0.438. The summed E-state index contributed by atoms with van der Waals surface area (Å²) in [5.74, 6) is 0. The third kappa shape index (κ3) is 9.49. The summed E-state index contributed by atoms with van der Waals surface area (Å²) in [6.45, 7) is 19.6. The second-order valence-corrected chi connectivity index (χ2v) is 11.7. The van der Waals surface area contributed by atoms with Crippen molar-refractivity contribution < 1.29 is 9.53 Å². The Morgan fingerprint density at radius 1 is 0.763 bits per heavy atom. The molecule has 0 radical (unpaired) electrons. The van der Waals surface area contributed by atoms with Crippen molar-refractivity contribution in [1.29, 1.82) is 0 Å². The number of rotatable bonds is 4. The molecule has 2 saturated heterocycles. The number of amides is 1. The molecule has 2 aromatic carbocycles. The summed E-state index contributed by atoms with van der Waals surface area (Å²) in [4.78, 5) is 21.1. The number of carbonyl (C=O) groups excluding carboxylic acids is 1. The Labute approximate surface area is 229 Å². The van der Waals surface area contributed by atoms with Gasteiger partial charge in [0.1, 0.15) is 5.60 Å². The smallest absolute Gasteiger partial charge is 0.410 e. The van der Waals surface area contributed by atoms with Gasteiger partial charge in [0.05, 0.1) is 0 Å².